The van der Waals surface area contributed by atoms with Crippen LogP contribution in [0.2, 0.25) is 4.34 Å². The quantitative estimate of drug-likeness (QED) is 0.327. The highest BCUT2D eigenvalue weighted by Crippen LogP contribution is 2.31. The summed E-state index contributed by atoms with van der Waals surface area (Å²) in [6, 6.07) is 19.6. The van der Waals surface area contributed by atoms with Gasteiger partial charge in [0.25, 0.3) is 17.7 Å². The van der Waals surface area contributed by atoms with Gasteiger partial charge in [0.2, 0.25) is 0 Å². The van der Waals surface area contributed by atoms with Gasteiger partial charge in [0, 0.05) is 18.9 Å². The fourth-order valence-electron chi connectivity index (χ4n) is 3.89. The Bertz CT molecular complexity index is 1440. The predicted octanol–water partition coefficient (Wildman–Crippen LogP) is 5.46. The van der Waals surface area contributed by atoms with E-state index in [9.17, 15) is 14.4 Å². The summed E-state index contributed by atoms with van der Waals surface area (Å²) in [6.45, 7) is 0.700. The molecule has 0 fully saturated rings. The van der Waals surface area contributed by atoms with Crippen molar-refractivity contribution in [3.05, 3.63) is 111 Å². The normalized spacial score (nSPS) is 12.5. The summed E-state index contributed by atoms with van der Waals surface area (Å²) in [4.78, 5) is 44.7. The lowest BCUT2D eigenvalue weighted by Crippen LogP contribution is -2.29. The molecule has 7 nitrogen and oxygen atoms in total. The van der Waals surface area contributed by atoms with Crippen molar-refractivity contribution in [2.75, 3.05) is 10.6 Å². The highest BCUT2D eigenvalue weighted by molar-refractivity contribution is 7.18. The third kappa shape index (κ3) is 4.80. The number of carbonyl (C=O) groups excluding carboxylic acids is 3. The van der Waals surface area contributed by atoms with Crippen LogP contribution in [0.5, 0.6) is 0 Å². The molecule has 0 bridgehead atoms. The lowest BCUT2D eigenvalue weighted by molar-refractivity contribution is 0.0642. The molecule has 2 aromatic heterocycles. The highest BCUT2D eigenvalue weighted by Gasteiger charge is 2.37. The Kier molecular flexibility index (Phi) is 6.31. The first kappa shape index (κ1) is 22.8. The van der Waals surface area contributed by atoms with Gasteiger partial charge in [-0.05, 0) is 47.5 Å². The van der Waals surface area contributed by atoms with E-state index in [0.29, 0.717) is 21.4 Å². The molecule has 174 valence electrons. The van der Waals surface area contributed by atoms with E-state index in [1.165, 1.54) is 4.90 Å². The van der Waals surface area contributed by atoms with Crippen LogP contribution in [-0.2, 0) is 13.1 Å². The second-order valence-electron chi connectivity index (χ2n) is 7.90. The zero-order valence-electron chi connectivity index (χ0n) is 18.3. The van der Waals surface area contributed by atoms with Gasteiger partial charge in [-0.1, -0.05) is 41.9 Å². The molecular weight excluding hydrogens is 484 g/mol. The molecule has 5 rings (SSSR count). The predicted molar refractivity (Wildman–Crippen MR) is 136 cm³/mol. The zero-order valence-corrected chi connectivity index (χ0v) is 19.9. The first-order valence-corrected chi connectivity index (χ1v) is 12.0. The molecule has 0 atom stereocenters. The van der Waals surface area contributed by atoms with Gasteiger partial charge >= 0.3 is 0 Å². The maximum atomic E-state index is 13.3. The second-order valence-corrected chi connectivity index (χ2v) is 9.61. The lowest BCUT2D eigenvalue weighted by atomic mass is 10.1. The molecule has 0 radical (unpaired) electrons. The number of rotatable bonds is 7. The Morgan fingerprint density at radius 1 is 0.971 bits per heavy atom. The fourth-order valence-corrected chi connectivity index (χ4v) is 4.83. The minimum absolute atomic E-state index is 0.126. The number of anilines is 2. The lowest BCUT2D eigenvalue weighted by Gasteiger charge is -2.15. The number of imide groups is 1. The molecule has 0 spiro atoms. The number of carbonyl (C=O) groups is 3. The molecule has 0 aliphatic carbocycles. The minimum Gasteiger partial charge on any atom is -0.380 e. The van der Waals surface area contributed by atoms with Crippen LogP contribution in [0, 0.1) is 0 Å². The number of pyridine rings is 1. The molecule has 2 N–H and O–H groups in total. The monoisotopic (exact) mass is 502 g/mol. The Labute approximate surface area is 210 Å². The fraction of sp³-hybridized carbons (Fsp3) is 0.0769. The van der Waals surface area contributed by atoms with Crippen molar-refractivity contribution in [2.45, 2.75) is 13.1 Å². The van der Waals surface area contributed by atoms with Crippen LogP contribution >= 0.6 is 22.9 Å². The number of aromatic nitrogens is 1. The molecule has 3 amide bonds. The van der Waals surface area contributed by atoms with Crippen LogP contribution in [-0.4, -0.2) is 27.6 Å². The molecule has 0 saturated heterocycles. The van der Waals surface area contributed by atoms with E-state index >= 15 is 0 Å². The van der Waals surface area contributed by atoms with Gasteiger partial charge in [0.1, 0.15) is 0 Å². The first-order valence-electron chi connectivity index (χ1n) is 10.8. The van der Waals surface area contributed by atoms with E-state index in [0.717, 1.165) is 28.2 Å². The van der Waals surface area contributed by atoms with Crippen LogP contribution in [0.1, 0.15) is 41.5 Å². The minimum atomic E-state index is -0.441. The van der Waals surface area contributed by atoms with Crippen LogP contribution in [0.4, 0.5) is 11.4 Å². The van der Waals surface area contributed by atoms with E-state index in [2.05, 4.69) is 15.6 Å². The van der Waals surface area contributed by atoms with Crippen molar-refractivity contribution >= 4 is 52.0 Å². The number of nitrogens with one attached hydrogen (secondary N) is 2. The Morgan fingerprint density at radius 2 is 1.80 bits per heavy atom. The first-order chi connectivity index (χ1) is 17.0. The van der Waals surface area contributed by atoms with Crippen LogP contribution in [0.15, 0.2) is 79.1 Å². The maximum Gasteiger partial charge on any atom is 0.265 e. The topological polar surface area (TPSA) is 91.4 Å². The summed E-state index contributed by atoms with van der Waals surface area (Å²) in [6.07, 6.45) is 3.45. The molecule has 3 heterocycles. The molecule has 9 heteroatoms. The van der Waals surface area contributed by atoms with Gasteiger partial charge < -0.3 is 10.6 Å². The van der Waals surface area contributed by atoms with E-state index in [-0.39, 0.29) is 29.5 Å². The standard InChI is InChI=1S/C26H19ClN4O3S/c27-22-10-9-21(35-22)24(32)30-20-8-2-7-19-23(20)26(34)31(25(19)33)15-17-5-1-4-16(12-17)13-29-18-6-3-11-28-14-18/h1-12,14,29H,13,15H2,(H,30,32). The third-order valence-corrected chi connectivity index (χ3v) is 6.76. The third-order valence-electron chi connectivity index (χ3n) is 5.53. The molecule has 0 saturated carbocycles. The van der Waals surface area contributed by atoms with Gasteiger partial charge in [-0.2, -0.15) is 0 Å². The smallest absolute Gasteiger partial charge is 0.265 e. The average Bonchev–Trinajstić information content (AvgIpc) is 3.41. The molecule has 4 aromatic rings. The van der Waals surface area contributed by atoms with Crippen molar-refractivity contribution in [1.82, 2.24) is 9.88 Å². The zero-order chi connectivity index (χ0) is 24.4. The van der Waals surface area contributed by atoms with Crippen molar-refractivity contribution < 1.29 is 14.4 Å². The van der Waals surface area contributed by atoms with Crippen LogP contribution in [0.25, 0.3) is 0 Å². The van der Waals surface area contributed by atoms with E-state index in [1.807, 2.05) is 36.4 Å². The molecular formula is C26H19ClN4O3S. The van der Waals surface area contributed by atoms with Gasteiger partial charge in [-0.15, -0.1) is 11.3 Å². The summed E-state index contributed by atoms with van der Waals surface area (Å²) >= 11 is 7.07. The van der Waals surface area contributed by atoms with E-state index in [1.54, 1.807) is 42.7 Å². The van der Waals surface area contributed by atoms with E-state index < -0.39 is 5.91 Å². The largest absolute Gasteiger partial charge is 0.380 e. The summed E-state index contributed by atoms with van der Waals surface area (Å²) in [7, 11) is 0. The number of hydrogen-bond acceptors (Lipinski definition) is 6. The van der Waals surface area contributed by atoms with Crippen molar-refractivity contribution in [1.29, 1.82) is 0 Å². The van der Waals surface area contributed by atoms with Gasteiger partial charge in [-0.3, -0.25) is 24.3 Å². The molecule has 35 heavy (non-hydrogen) atoms. The highest BCUT2D eigenvalue weighted by atomic mass is 35.5. The Morgan fingerprint density at radius 3 is 2.57 bits per heavy atom. The number of halogens is 1. The van der Waals surface area contributed by atoms with Crippen molar-refractivity contribution in [3.8, 4) is 0 Å². The Balaban J connectivity index is 1.32. The summed E-state index contributed by atoms with van der Waals surface area (Å²) in [5, 5.41) is 6.04. The number of amides is 3. The Hall–Kier alpha value is -4.01. The number of fused-ring (bicyclic) bond motifs is 1. The number of benzene rings is 2. The number of thiophene rings is 1. The molecule has 1 aliphatic rings. The SMILES string of the molecule is O=C(Nc1cccc2c1C(=O)N(Cc1cccc(CNc3cccnc3)c1)C2=O)c1ccc(Cl)s1. The summed E-state index contributed by atoms with van der Waals surface area (Å²) < 4.78 is 0.490. The van der Waals surface area contributed by atoms with Crippen molar-refractivity contribution in [2.24, 2.45) is 0 Å². The number of nitrogens with zero attached hydrogens (tertiary/aromatic N) is 2. The van der Waals surface area contributed by atoms with Gasteiger partial charge in [-0.25, -0.2) is 0 Å². The van der Waals surface area contributed by atoms with Gasteiger partial charge in [0.05, 0.1) is 38.3 Å². The molecule has 2 aromatic carbocycles. The van der Waals surface area contributed by atoms with Crippen LogP contribution in [0.3, 0.4) is 0 Å². The average molecular weight is 503 g/mol. The molecule has 0 unspecified atom stereocenters. The van der Waals surface area contributed by atoms with Crippen molar-refractivity contribution in [3.63, 3.8) is 0 Å². The van der Waals surface area contributed by atoms with E-state index in [4.69, 9.17) is 11.6 Å². The summed E-state index contributed by atoms with van der Waals surface area (Å²) in [5.41, 5.74) is 3.49. The summed E-state index contributed by atoms with van der Waals surface area (Å²) in [5.74, 6) is -1.22. The second kappa shape index (κ2) is 9.69. The maximum absolute atomic E-state index is 13.3. The van der Waals surface area contributed by atoms with Crippen LogP contribution < -0.4 is 10.6 Å². The van der Waals surface area contributed by atoms with Gasteiger partial charge in [0.15, 0.2) is 0 Å². The number of hydrogen-bond donors (Lipinski definition) is 2. The molecule has 1 aliphatic heterocycles.